The summed E-state index contributed by atoms with van der Waals surface area (Å²) in [5.41, 5.74) is -0.120. The van der Waals surface area contributed by atoms with Gasteiger partial charge in [0.1, 0.15) is 11.6 Å². The van der Waals surface area contributed by atoms with Crippen molar-refractivity contribution in [1.82, 2.24) is 5.32 Å². The number of alkyl carbamates (subject to hydrolysis) is 1. The lowest BCUT2D eigenvalue weighted by Crippen LogP contribution is -2.45. The minimum Gasteiger partial charge on any atom is -0.465 e. The zero-order valence-corrected chi connectivity index (χ0v) is 19.7. The van der Waals surface area contributed by atoms with E-state index in [1.807, 2.05) is 0 Å². The monoisotopic (exact) mass is 486 g/mol. The van der Waals surface area contributed by atoms with Crippen LogP contribution in [-0.2, 0) is 25.4 Å². The number of hydrogen-bond donors (Lipinski definition) is 1. The molecule has 0 aliphatic carbocycles. The van der Waals surface area contributed by atoms with Gasteiger partial charge in [-0.1, -0.05) is 12.1 Å². The van der Waals surface area contributed by atoms with Gasteiger partial charge in [-0.05, 0) is 50.6 Å². The van der Waals surface area contributed by atoms with Crippen molar-refractivity contribution in [2.24, 2.45) is 0 Å². The van der Waals surface area contributed by atoms with Crippen LogP contribution in [0.15, 0.2) is 48.5 Å². The number of Topliss-reactive ketones (excluding diaryl/α,β-unsaturated/α-hetero) is 1. The van der Waals surface area contributed by atoms with Gasteiger partial charge in [-0.3, -0.25) is 14.9 Å². The molecule has 0 heterocycles. The molecule has 11 heteroatoms. The second-order valence-electron chi connectivity index (χ2n) is 8.43. The number of amides is 1. The number of ether oxygens (including phenoxy) is 3. The van der Waals surface area contributed by atoms with Crippen LogP contribution in [0.3, 0.4) is 0 Å². The molecule has 0 saturated carbocycles. The van der Waals surface area contributed by atoms with Crippen LogP contribution >= 0.6 is 0 Å². The third-order valence-electron chi connectivity index (χ3n) is 4.51. The summed E-state index contributed by atoms with van der Waals surface area (Å²) in [5.74, 6) is -2.06. The number of carbonyl (C=O) groups is 4. The van der Waals surface area contributed by atoms with Gasteiger partial charge < -0.3 is 19.5 Å². The molecule has 0 fully saturated rings. The fraction of sp³-hybridized carbons (Fsp3) is 0.333. The van der Waals surface area contributed by atoms with Crippen LogP contribution in [0.1, 0.15) is 47.1 Å². The van der Waals surface area contributed by atoms with E-state index in [1.165, 1.54) is 31.4 Å². The van der Waals surface area contributed by atoms with Gasteiger partial charge in [0.2, 0.25) is 0 Å². The predicted octanol–water partition coefficient (Wildman–Crippen LogP) is 3.24. The number of nitrogens with one attached hydrogen (secondary N) is 1. The molecule has 11 nitrogen and oxygen atoms in total. The molecule has 0 radical (unpaired) electrons. The maximum absolute atomic E-state index is 12.8. The van der Waals surface area contributed by atoms with Gasteiger partial charge in [0.15, 0.2) is 12.4 Å². The zero-order chi connectivity index (χ0) is 26.2. The number of rotatable bonds is 9. The first-order chi connectivity index (χ1) is 16.4. The van der Waals surface area contributed by atoms with Gasteiger partial charge in [0.05, 0.1) is 17.6 Å². The quantitative estimate of drug-likeness (QED) is 0.185. The first-order valence-electron chi connectivity index (χ1n) is 10.5. The van der Waals surface area contributed by atoms with Crippen molar-refractivity contribution in [3.05, 3.63) is 75.3 Å². The summed E-state index contributed by atoms with van der Waals surface area (Å²) in [6, 6.07) is 9.87. The summed E-state index contributed by atoms with van der Waals surface area (Å²) in [7, 11) is 1.24. The number of nitrogens with zero attached hydrogens (tertiary/aromatic N) is 1. The number of nitro groups is 1. The van der Waals surface area contributed by atoms with Gasteiger partial charge in [0, 0.05) is 24.1 Å². The first kappa shape index (κ1) is 27.0. The normalized spacial score (nSPS) is 11.7. The highest BCUT2D eigenvalue weighted by Crippen LogP contribution is 2.14. The van der Waals surface area contributed by atoms with Crippen molar-refractivity contribution in [3.8, 4) is 0 Å². The Balaban J connectivity index is 2.14. The molecule has 0 spiro atoms. The molecule has 1 atom stereocenters. The van der Waals surface area contributed by atoms with Crippen molar-refractivity contribution in [3.63, 3.8) is 0 Å². The molecule has 2 rings (SSSR count). The molecule has 0 aliphatic rings. The Bertz CT molecular complexity index is 1100. The molecule has 0 aromatic heterocycles. The lowest BCUT2D eigenvalue weighted by atomic mass is 10.0. The second kappa shape index (κ2) is 11.7. The number of carbonyl (C=O) groups excluding carboxylic acids is 4. The Hall–Kier alpha value is -4.28. The van der Waals surface area contributed by atoms with Gasteiger partial charge in [-0.15, -0.1) is 0 Å². The largest absolute Gasteiger partial charge is 0.465 e. The number of ketones is 1. The van der Waals surface area contributed by atoms with E-state index in [-0.39, 0.29) is 23.2 Å². The van der Waals surface area contributed by atoms with Crippen molar-refractivity contribution in [2.45, 2.75) is 38.8 Å². The van der Waals surface area contributed by atoms with Crippen LogP contribution in [0, 0.1) is 10.1 Å². The summed E-state index contributed by atoms with van der Waals surface area (Å²) in [5, 5.41) is 13.2. The van der Waals surface area contributed by atoms with Crippen molar-refractivity contribution < 1.29 is 38.3 Å². The van der Waals surface area contributed by atoms with Crippen molar-refractivity contribution in [1.29, 1.82) is 0 Å². The molecular weight excluding hydrogens is 460 g/mol. The lowest BCUT2D eigenvalue weighted by molar-refractivity contribution is -0.384. The average molecular weight is 486 g/mol. The Labute approximate surface area is 201 Å². The van der Waals surface area contributed by atoms with Gasteiger partial charge in [-0.25, -0.2) is 14.4 Å². The molecule has 1 N–H and O–H groups in total. The maximum Gasteiger partial charge on any atom is 0.408 e. The zero-order valence-electron chi connectivity index (χ0n) is 19.7. The Morgan fingerprint density at radius 2 is 1.69 bits per heavy atom. The fourth-order valence-electron chi connectivity index (χ4n) is 2.91. The molecule has 2 aromatic carbocycles. The third-order valence-corrected chi connectivity index (χ3v) is 4.51. The number of benzene rings is 2. The topological polar surface area (TPSA) is 151 Å². The van der Waals surface area contributed by atoms with E-state index in [1.54, 1.807) is 32.9 Å². The predicted molar refractivity (Wildman–Crippen MR) is 123 cm³/mol. The van der Waals surface area contributed by atoms with E-state index in [9.17, 15) is 29.3 Å². The van der Waals surface area contributed by atoms with Gasteiger partial charge in [-0.2, -0.15) is 0 Å². The van der Waals surface area contributed by atoms with Crippen LogP contribution in [0.2, 0.25) is 0 Å². The number of methoxy groups -OCH3 is 1. The van der Waals surface area contributed by atoms with Gasteiger partial charge >= 0.3 is 18.0 Å². The second-order valence-corrected chi connectivity index (χ2v) is 8.43. The Kier molecular flexibility index (Phi) is 9.04. The van der Waals surface area contributed by atoms with Crippen LogP contribution in [0.5, 0.6) is 0 Å². The van der Waals surface area contributed by atoms with E-state index in [4.69, 9.17) is 14.2 Å². The highest BCUT2D eigenvalue weighted by atomic mass is 16.6. The third kappa shape index (κ3) is 8.54. The SMILES string of the molecule is COC(=O)c1cccc(CC(NC(=O)OC(C)(C)C)C(=O)OCC(=O)c2ccc([N+](=O)[O-])cc2)c1. The standard InChI is InChI=1S/C24H26N2O9/c1-24(2,3)35-23(30)25-19(13-15-6-5-7-17(12-15)21(28)33-4)22(29)34-14-20(27)16-8-10-18(11-9-16)26(31)32/h5-12,19H,13-14H2,1-4H3,(H,25,30). The van der Waals surface area contributed by atoms with E-state index in [2.05, 4.69) is 5.32 Å². The molecule has 0 bridgehead atoms. The minimum atomic E-state index is -1.23. The minimum absolute atomic E-state index is 0.0609. The molecular formula is C24H26N2O9. The summed E-state index contributed by atoms with van der Waals surface area (Å²) in [6.45, 7) is 4.32. The lowest BCUT2D eigenvalue weighted by Gasteiger charge is -2.23. The summed E-state index contributed by atoms with van der Waals surface area (Å²) >= 11 is 0. The van der Waals surface area contributed by atoms with Gasteiger partial charge in [0.25, 0.3) is 5.69 Å². The molecule has 0 saturated heterocycles. The van der Waals surface area contributed by atoms with Crippen LogP contribution in [0.4, 0.5) is 10.5 Å². The smallest absolute Gasteiger partial charge is 0.408 e. The Morgan fingerprint density at radius 1 is 1.03 bits per heavy atom. The molecule has 1 amide bonds. The van der Waals surface area contributed by atoms with Crippen LogP contribution in [-0.4, -0.2) is 54.1 Å². The first-order valence-corrected chi connectivity index (χ1v) is 10.5. The van der Waals surface area contributed by atoms with E-state index < -0.39 is 47.0 Å². The van der Waals surface area contributed by atoms with E-state index in [0.717, 1.165) is 12.1 Å². The molecule has 1 unspecified atom stereocenters. The number of non-ortho nitro benzene ring substituents is 1. The average Bonchev–Trinajstić information content (AvgIpc) is 2.80. The molecule has 0 aliphatic heterocycles. The van der Waals surface area contributed by atoms with Crippen LogP contribution in [0.25, 0.3) is 0 Å². The van der Waals surface area contributed by atoms with E-state index >= 15 is 0 Å². The summed E-state index contributed by atoms with van der Waals surface area (Å²) < 4.78 is 15.0. The summed E-state index contributed by atoms with van der Waals surface area (Å²) in [6.07, 6.45) is -0.931. The maximum atomic E-state index is 12.8. The number of nitro benzene ring substituents is 1. The fourth-order valence-corrected chi connectivity index (χ4v) is 2.91. The highest BCUT2D eigenvalue weighted by Gasteiger charge is 2.27. The molecule has 2 aromatic rings. The van der Waals surface area contributed by atoms with E-state index in [0.29, 0.717) is 5.56 Å². The highest BCUT2D eigenvalue weighted by molar-refractivity contribution is 5.98. The van der Waals surface area contributed by atoms with Crippen LogP contribution < -0.4 is 5.32 Å². The van der Waals surface area contributed by atoms with Crippen molar-refractivity contribution in [2.75, 3.05) is 13.7 Å². The van der Waals surface area contributed by atoms with Crippen molar-refractivity contribution >= 4 is 29.5 Å². The number of esters is 2. The number of hydrogen-bond acceptors (Lipinski definition) is 9. The molecule has 186 valence electrons. The Morgan fingerprint density at radius 3 is 2.26 bits per heavy atom. The molecule has 35 heavy (non-hydrogen) atoms. The summed E-state index contributed by atoms with van der Waals surface area (Å²) in [4.78, 5) is 59.4.